The summed E-state index contributed by atoms with van der Waals surface area (Å²) in [5, 5.41) is 3.02. The number of nitrogens with zero attached hydrogens (tertiary/aromatic N) is 2. The molecule has 2 heterocycles. The largest absolute Gasteiger partial charge is 0.496 e. The Bertz CT molecular complexity index is 681. The first-order valence-corrected chi connectivity index (χ1v) is 11.1. The van der Waals surface area contributed by atoms with Crippen molar-refractivity contribution in [1.82, 2.24) is 15.1 Å². The van der Waals surface area contributed by atoms with E-state index in [1.54, 1.807) is 6.08 Å². The molecule has 1 saturated heterocycles. The van der Waals surface area contributed by atoms with E-state index in [2.05, 4.69) is 28.7 Å². The van der Waals surface area contributed by atoms with Gasteiger partial charge in [0.05, 0.1) is 11.4 Å². The van der Waals surface area contributed by atoms with Crippen LogP contribution in [0.25, 0.3) is 0 Å². The van der Waals surface area contributed by atoms with Gasteiger partial charge in [-0.05, 0) is 34.2 Å². The third-order valence-corrected chi connectivity index (χ3v) is 6.59. The minimum Gasteiger partial charge on any atom is -0.496 e. The molecular weight excluding hydrogens is 386 g/mol. The van der Waals surface area contributed by atoms with Crippen LogP contribution in [0.3, 0.4) is 0 Å². The van der Waals surface area contributed by atoms with Crippen LogP contribution in [0, 0.1) is 0 Å². The summed E-state index contributed by atoms with van der Waals surface area (Å²) in [6.07, 6.45) is 5.04. The van der Waals surface area contributed by atoms with Crippen molar-refractivity contribution in [2.45, 2.75) is 38.4 Å². The fraction of sp³-hybridized carbons (Fsp3) is 0.636. The third-order valence-electron chi connectivity index (χ3n) is 5.37. The van der Waals surface area contributed by atoms with Gasteiger partial charge in [0.25, 0.3) is 0 Å². The lowest BCUT2D eigenvalue weighted by Gasteiger charge is -2.32. The molecule has 0 aromatic rings. The van der Waals surface area contributed by atoms with Crippen molar-refractivity contribution in [2.24, 2.45) is 0 Å². The number of allylic oxidation sites excluding steroid dienone is 2. The van der Waals surface area contributed by atoms with Gasteiger partial charge in [-0.1, -0.05) is 36.1 Å². The molecule has 1 atom stereocenters. The molecule has 6 nitrogen and oxygen atoms in total. The van der Waals surface area contributed by atoms with E-state index in [4.69, 9.17) is 4.74 Å². The van der Waals surface area contributed by atoms with E-state index in [-0.39, 0.29) is 11.0 Å². The number of ether oxygens (including phenoxy) is 1. The molecule has 0 aliphatic carbocycles. The van der Waals surface area contributed by atoms with Crippen LogP contribution in [0.5, 0.6) is 0 Å². The van der Waals surface area contributed by atoms with E-state index in [0.717, 1.165) is 44.1 Å². The van der Waals surface area contributed by atoms with Gasteiger partial charge in [0.1, 0.15) is 5.76 Å². The van der Waals surface area contributed by atoms with E-state index in [0.29, 0.717) is 31.6 Å². The van der Waals surface area contributed by atoms with Gasteiger partial charge in [-0.15, -0.1) is 0 Å². The highest BCUT2D eigenvalue weighted by Crippen LogP contribution is 2.45. The average molecular weight is 422 g/mol. The van der Waals surface area contributed by atoms with Crippen LogP contribution in [-0.4, -0.2) is 78.5 Å². The van der Waals surface area contributed by atoms with Crippen molar-refractivity contribution in [1.29, 1.82) is 0 Å². The highest BCUT2D eigenvalue weighted by molar-refractivity contribution is 8.16. The molecule has 29 heavy (non-hydrogen) atoms. The maximum Gasteiger partial charge on any atom is 0.221 e. The first-order chi connectivity index (χ1) is 13.7. The minimum atomic E-state index is -0.495. The Balaban J connectivity index is 1.70. The van der Waals surface area contributed by atoms with E-state index >= 15 is 0 Å². The van der Waals surface area contributed by atoms with Gasteiger partial charge < -0.3 is 19.9 Å². The number of hydrogen-bond donors (Lipinski definition) is 1. The van der Waals surface area contributed by atoms with Crippen molar-refractivity contribution >= 4 is 22.8 Å². The summed E-state index contributed by atoms with van der Waals surface area (Å²) >= 11 is 1.28. The molecule has 1 N–H and O–H groups in total. The van der Waals surface area contributed by atoms with Gasteiger partial charge in [-0.25, -0.2) is 0 Å². The van der Waals surface area contributed by atoms with Gasteiger partial charge in [0.15, 0.2) is 0 Å². The van der Waals surface area contributed by atoms with Gasteiger partial charge in [0.2, 0.25) is 11.0 Å². The second-order valence-electron chi connectivity index (χ2n) is 7.99. The normalized spacial score (nSPS) is 24.1. The van der Waals surface area contributed by atoms with Crippen LogP contribution in [-0.2, 0) is 14.3 Å². The number of nitrogens with one attached hydrogen (secondary N) is 1. The number of hydrogen-bond acceptors (Lipinski definition) is 6. The molecule has 0 saturated carbocycles. The standard InChI is InChI=1S/C22H35N3O3S/c1-6-17(2)16-22(4)20(18(3)21(27)29-22)28-15-7-9-23-19(26)8-10-25-13-11-24(5)12-14-25/h6,16H,1,7-15H2,2-5H3,(H,23,26)/b17-16+. The number of piperazine rings is 1. The summed E-state index contributed by atoms with van der Waals surface area (Å²) in [5.41, 5.74) is 1.68. The second kappa shape index (κ2) is 11.0. The fourth-order valence-electron chi connectivity index (χ4n) is 3.51. The Kier molecular flexibility index (Phi) is 8.99. The monoisotopic (exact) mass is 421 g/mol. The average Bonchev–Trinajstić information content (AvgIpc) is 2.89. The molecule has 2 aliphatic heterocycles. The fourth-order valence-corrected chi connectivity index (χ4v) is 4.69. The van der Waals surface area contributed by atoms with E-state index in [1.807, 2.05) is 26.8 Å². The summed E-state index contributed by atoms with van der Waals surface area (Å²) in [7, 11) is 2.13. The summed E-state index contributed by atoms with van der Waals surface area (Å²) in [6, 6.07) is 0. The number of carbonyl (C=O) groups excluding carboxylic acids is 2. The highest BCUT2D eigenvalue weighted by Gasteiger charge is 2.41. The molecular formula is C22H35N3O3S. The maximum atomic E-state index is 12.2. The minimum absolute atomic E-state index is 0.0489. The van der Waals surface area contributed by atoms with E-state index in [1.165, 1.54) is 11.8 Å². The maximum absolute atomic E-state index is 12.2. The summed E-state index contributed by atoms with van der Waals surface area (Å²) in [4.78, 5) is 28.9. The Hall–Kier alpha value is -1.57. The first kappa shape index (κ1) is 23.7. The van der Waals surface area contributed by atoms with Crippen LogP contribution >= 0.6 is 11.8 Å². The third kappa shape index (κ3) is 7.01. The zero-order valence-corrected chi connectivity index (χ0v) is 19.1. The Morgan fingerprint density at radius 2 is 2.03 bits per heavy atom. The van der Waals surface area contributed by atoms with Crippen molar-refractivity contribution in [3.63, 3.8) is 0 Å². The van der Waals surface area contributed by atoms with E-state index < -0.39 is 4.75 Å². The predicted octanol–water partition coefficient (Wildman–Crippen LogP) is 2.59. The molecule has 1 unspecified atom stereocenters. The number of amides is 1. The Labute approximate surface area is 179 Å². The smallest absolute Gasteiger partial charge is 0.221 e. The molecule has 162 valence electrons. The second-order valence-corrected chi connectivity index (χ2v) is 9.41. The molecule has 0 aromatic carbocycles. The molecule has 7 heteroatoms. The molecule has 1 amide bonds. The number of rotatable bonds is 10. The van der Waals surface area contributed by atoms with Crippen LogP contribution in [0.2, 0.25) is 0 Å². The lowest BCUT2D eigenvalue weighted by molar-refractivity contribution is -0.121. The summed E-state index contributed by atoms with van der Waals surface area (Å²) in [6.45, 7) is 15.6. The lowest BCUT2D eigenvalue weighted by atomic mass is 10.0. The molecule has 2 rings (SSSR count). The molecule has 1 fully saturated rings. The SMILES string of the molecule is C=C/C(C)=C/C1(C)SC(=O)C(C)=C1OCCCNC(=O)CCN1CCN(C)CC1. The molecule has 0 radical (unpaired) electrons. The van der Waals surface area contributed by atoms with Crippen LogP contribution in [0.4, 0.5) is 0 Å². The van der Waals surface area contributed by atoms with Crippen LogP contribution < -0.4 is 5.32 Å². The predicted molar refractivity (Wildman–Crippen MR) is 120 cm³/mol. The van der Waals surface area contributed by atoms with Gasteiger partial charge in [-0.3, -0.25) is 9.59 Å². The van der Waals surface area contributed by atoms with Crippen molar-refractivity contribution < 1.29 is 14.3 Å². The van der Waals surface area contributed by atoms with Crippen LogP contribution in [0.15, 0.2) is 35.6 Å². The zero-order chi connectivity index (χ0) is 21.4. The number of thioether (sulfide) groups is 1. The molecule has 0 spiro atoms. The number of likely N-dealkylation sites (N-methyl/N-ethyl adjacent to an activating group) is 1. The topological polar surface area (TPSA) is 61.9 Å². The summed E-state index contributed by atoms with van der Waals surface area (Å²) < 4.78 is 5.49. The Morgan fingerprint density at radius 1 is 1.34 bits per heavy atom. The van der Waals surface area contributed by atoms with Gasteiger partial charge >= 0.3 is 0 Å². The van der Waals surface area contributed by atoms with E-state index in [9.17, 15) is 9.59 Å². The Morgan fingerprint density at radius 3 is 2.69 bits per heavy atom. The summed E-state index contributed by atoms with van der Waals surface area (Å²) in [5.74, 6) is 0.801. The van der Waals surface area contributed by atoms with Crippen LogP contribution in [0.1, 0.15) is 33.6 Å². The molecule has 2 aliphatic rings. The zero-order valence-electron chi connectivity index (χ0n) is 18.3. The van der Waals surface area contributed by atoms with Crippen molar-refractivity contribution in [3.05, 3.63) is 35.6 Å². The molecule has 0 aromatic heterocycles. The molecule has 0 bridgehead atoms. The van der Waals surface area contributed by atoms with Crippen molar-refractivity contribution in [2.75, 3.05) is 52.9 Å². The highest BCUT2D eigenvalue weighted by atomic mass is 32.2. The number of carbonyl (C=O) groups is 2. The van der Waals surface area contributed by atoms with Crippen molar-refractivity contribution in [3.8, 4) is 0 Å². The first-order valence-electron chi connectivity index (χ1n) is 10.3. The van der Waals surface area contributed by atoms with Gasteiger partial charge in [0, 0.05) is 51.3 Å². The lowest BCUT2D eigenvalue weighted by Crippen LogP contribution is -2.45. The van der Waals surface area contributed by atoms with Gasteiger partial charge in [-0.2, -0.15) is 0 Å². The quantitative estimate of drug-likeness (QED) is 0.432.